The third kappa shape index (κ3) is 8.73. The third-order valence-electron chi connectivity index (χ3n) is 6.16. The molecule has 1 aliphatic rings. The maximum absolute atomic E-state index is 6.20. The summed E-state index contributed by atoms with van der Waals surface area (Å²) < 4.78 is 12.4. The Morgan fingerprint density at radius 1 is 0.704 bits per heavy atom. The van der Waals surface area contributed by atoms with Crippen LogP contribution in [0.2, 0.25) is 12.6 Å². The van der Waals surface area contributed by atoms with E-state index >= 15 is 0 Å². The fourth-order valence-electron chi connectivity index (χ4n) is 4.46. The molecule has 1 saturated heterocycles. The molecule has 0 aromatic rings. The van der Waals surface area contributed by atoms with Crippen molar-refractivity contribution >= 4 is 6.71 Å². The van der Waals surface area contributed by atoms with Crippen molar-refractivity contribution in [3.63, 3.8) is 0 Å². The minimum Gasteiger partial charge on any atom is -0.344 e. The van der Waals surface area contributed by atoms with Crippen LogP contribution in [0.25, 0.3) is 0 Å². The predicted molar refractivity (Wildman–Crippen MR) is 121 cm³/mol. The van der Waals surface area contributed by atoms with E-state index in [9.17, 15) is 0 Å². The van der Waals surface area contributed by atoms with Crippen LogP contribution in [0.15, 0.2) is 11.0 Å². The summed E-state index contributed by atoms with van der Waals surface area (Å²) in [4.78, 5) is 0. The van der Waals surface area contributed by atoms with Crippen LogP contribution in [0, 0.1) is 0 Å². The lowest BCUT2D eigenvalue weighted by Crippen LogP contribution is -2.33. The summed E-state index contributed by atoms with van der Waals surface area (Å²) in [5, 5.41) is 0. The van der Waals surface area contributed by atoms with E-state index < -0.39 is 5.79 Å². The molecule has 27 heavy (non-hydrogen) atoms. The molecule has 0 aromatic carbocycles. The zero-order chi connectivity index (χ0) is 20.0. The topological polar surface area (TPSA) is 18.5 Å². The molecule has 0 aliphatic carbocycles. The van der Waals surface area contributed by atoms with E-state index in [0.717, 1.165) is 26.3 Å². The standard InChI is InChI=1S/C24H47BO2/c1-6-10-14-15-16-22(24(5)26-20-21-27-24)23(17-11-7-2)25(18-12-8-3)19-13-9-4/h6-21H2,1-5H3/b23-22+. The molecule has 0 N–H and O–H groups in total. The summed E-state index contributed by atoms with van der Waals surface area (Å²) >= 11 is 0. The van der Waals surface area contributed by atoms with Crippen LogP contribution < -0.4 is 0 Å². The van der Waals surface area contributed by atoms with Gasteiger partial charge in [0.25, 0.3) is 0 Å². The second-order valence-corrected chi connectivity index (χ2v) is 8.54. The molecule has 0 spiro atoms. The fourth-order valence-corrected chi connectivity index (χ4v) is 4.46. The van der Waals surface area contributed by atoms with E-state index in [1.165, 1.54) is 88.8 Å². The van der Waals surface area contributed by atoms with E-state index in [4.69, 9.17) is 9.47 Å². The third-order valence-corrected chi connectivity index (χ3v) is 6.16. The molecule has 1 rings (SSSR count). The first-order valence-electron chi connectivity index (χ1n) is 12.1. The number of allylic oxidation sites excluding steroid dienone is 1. The fraction of sp³-hybridized carbons (Fsp3) is 0.917. The molecule has 158 valence electrons. The summed E-state index contributed by atoms with van der Waals surface area (Å²) in [5.74, 6) is -0.466. The van der Waals surface area contributed by atoms with Gasteiger partial charge in [-0.2, -0.15) is 0 Å². The van der Waals surface area contributed by atoms with Crippen LogP contribution in [0.5, 0.6) is 0 Å². The molecule has 0 radical (unpaired) electrons. The van der Waals surface area contributed by atoms with Crippen molar-refractivity contribution in [1.29, 1.82) is 0 Å². The minimum atomic E-state index is -0.466. The van der Waals surface area contributed by atoms with Gasteiger partial charge in [0, 0.05) is 0 Å². The largest absolute Gasteiger partial charge is 0.344 e. The number of unbranched alkanes of at least 4 members (excludes halogenated alkanes) is 6. The highest BCUT2D eigenvalue weighted by molar-refractivity contribution is 6.66. The highest BCUT2D eigenvalue weighted by atomic mass is 16.7. The van der Waals surface area contributed by atoms with Crippen molar-refractivity contribution in [1.82, 2.24) is 0 Å². The molecule has 0 amide bonds. The van der Waals surface area contributed by atoms with Gasteiger partial charge in [-0.1, -0.05) is 104 Å². The van der Waals surface area contributed by atoms with Crippen LogP contribution in [0.1, 0.15) is 112 Å². The summed E-state index contributed by atoms with van der Waals surface area (Å²) in [5.41, 5.74) is 3.22. The van der Waals surface area contributed by atoms with E-state index in [1.807, 2.05) is 0 Å². The predicted octanol–water partition coefficient (Wildman–Crippen LogP) is 7.84. The molecule has 0 saturated carbocycles. The molecule has 3 heteroatoms. The molecule has 1 heterocycles. The van der Waals surface area contributed by atoms with Gasteiger partial charge in [0.15, 0.2) is 12.5 Å². The van der Waals surface area contributed by atoms with Gasteiger partial charge < -0.3 is 9.47 Å². The Morgan fingerprint density at radius 2 is 1.26 bits per heavy atom. The van der Waals surface area contributed by atoms with Crippen molar-refractivity contribution in [2.45, 2.75) is 130 Å². The molecule has 0 aromatic heterocycles. The Balaban J connectivity index is 3.16. The van der Waals surface area contributed by atoms with Crippen molar-refractivity contribution in [2.24, 2.45) is 0 Å². The van der Waals surface area contributed by atoms with Gasteiger partial charge in [0.1, 0.15) is 0 Å². The second kappa shape index (κ2) is 14.7. The van der Waals surface area contributed by atoms with Crippen molar-refractivity contribution in [3.8, 4) is 0 Å². The average Bonchev–Trinajstić information content (AvgIpc) is 3.11. The molecule has 0 bridgehead atoms. The molecule has 1 fully saturated rings. The van der Waals surface area contributed by atoms with Gasteiger partial charge in [0.05, 0.1) is 13.2 Å². The summed E-state index contributed by atoms with van der Waals surface area (Å²) in [6.07, 6.45) is 18.1. The summed E-state index contributed by atoms with van der Waals surface area (Å²) in [6.45, 7) is 13.6. The molecule has 0 atom stereocenters. The Labute approximate surface area is 170 Å². The Morgan fingerprint density at radius 3 is 1.78 bits per heavy atom. The minimum absolute atomic E-state index is 0.466. The maximum Gasteiger partial charge on any atom is 0.187 e. The second-order valence-electron chi connectivity index (χ2n) is 8.54. The Bertz CT molecular complexity index is 391. The Kier molecular flexibility index (Phi) is 13.5. The lowest BCUT2D eigenvalue weighted by molar-refractivity contribution is -0.112. The quantitative estimate of drug-likeness (QED) is 0.201. The SMILES string of the molecule is CCCCCC/C(=C(/CCCC)B(CCCC)CCCC)C1(C)OCCO1. The smallest absolute Gasteiger partial charge is 0.187 e. The van der Waals surface area contributed by atoms with Crippen LogP contribution in [-0.4, -0.2) is 25.7 Å². The normalized spacial score (nSPS) is 17.2. The monoisotopic (exact) mass is 378 g/mol. The highest BCUT2D eigenvalue weighted by Crippen LogP contribution is 2.37. The van der Waals surface area contributed by atoms with Crippen molar-refractivity contribution < 1.29 is 9.47 Å². The van der Waals surface area contributed by atoms with Gasteiger partial charge in [0.2, 0.25) is 0 Å². The maximum atomic E-state index is 6.20. The van der Waals surface area contributed by atoms with E-state index in [-0.39, 0.29) is 0 Å². The van der Waals surface area contributed by atoms with Crippen LogP contribution in [0.4, 0.5) is 0 Å². The average molecular weight is 378 g/mol. The Hall–Kier alpha value is -0.275. The van der Waals surface area contributed by atoms with Gasteiger partial charge in [-0.05, 0) is 31.8 Å². The molecular weight excluding hydrogens is 331 g/mol. The van der Waals surface area contributed by atoms with E-state index in [1.54, 1.807) is 5.47 Å². The van der Waals surface area contributed by atoms with Crippen LogP contribution in [0.3, 0.4) is 0 Å². The first kappa shape index (κ1) is 24.8. The summed E-state index contributed by atoms with van der Waals surface area (Å²) in [7, 11) is 0. The highest BCUT2D eigenvalue weighted by Gasteiger charge is 2.38. The zero-order valence-corrected chi connectivity index (χ0v) is 19.2. The number of rotatable bonds is 16. The molecule has 0 unspecified atom stereocenters. The molecule has 2 nitrogen and oxygen atoms in total. The lowest BCUT2D eigenvalue weighted by atomic mass is 9.37. The zero-order valence-electron chi connectivity index (χ0n) is 19.2. The van der Waals surface area contributed by atoms with E-state index in [0.29, 0.717) is 0 Å². The van der Waals surface area contributed by atoms with Gasteiger partial charge >= 0.3 is 0 Å². The summed E-state index contributed by atoms with van der Waals surface area (Å²) in [6, 6.07) is 0. The van der Waals surface area contributed by atoms with Gasteiger partial charge in [-0.25, -0.2) is 0 Å². The van der Waals surface area contributed by atoms with Crippen LogP contribution >= 0.6 is 0 Å². The number of hydrogen-bond acceptors (Lipinski definition) is 2. The number of ether oxygens (including phenoxy) is 2. The van der Waals surface area contributed by atoms with Crippen molar-refractivity contribution in [2.75, 3.05) is 13.2 Å². The van der Waals surface area contributed by atoms with Crippen molar-refractivity contribution in [3.05, 3.63) is 11.0 Å². The lowest BCUT2D eigenvalue weighted by Gasteiger charge is -2.32. The first-order valence-corrected chi connectivity index (χ1v) is 12.1. The molecular formula is C24H47BO2. The van der Waals surface area contributed by atoms with E-state index in [2.05, 4.69) is 34.6 Å². The van der Waals surface area contributed by atoms with Gasteiger partial charge in [-0.3, -0.25) is 0 Å². The van der Waals surface area contributed by atoms with Gasteiger partial charge in [-0.15, -0.1) is 0 Å². The first-order chi connectivity index (χ1) is 13.1. The van der Waals surface area contributed by atoms with Crippen LogP contribution in [-0.2, 0) is 9.47 Å². The number of hydrogen-bond donors (Lipinski definition) is 0. The molecule has 1 aliphatic heterocycles.